The summed E-state index contributed by atoms with van der Waals surface area (Å²) in [5.41, 5.74) is -2.82. The number of carboxylic acids is 2. The van der Waals surface area contributed by atoms with Gasteiger partial charge in [-0.2, -0.15) is 10.2 Å². The molecule has 0 aromatic carbocycles. The molecule has 2 unspecified atom stereocenters. The van der Waals surface area contributed by atoms with Crippen LogP contribution in [0.15, 0.2) is 10.2 Å². The third-order valence-electron chi connectivity index (χ3n) is 3.58. The van der Waals surface area contributed by atoms with Crippen LogP contribution in [0.3, 0.4) is 0 Å². The second-order valence-electron chi connectivity index (χ2n) is 5.41. The van der Waals surface area contributed by atoms with E-state index in [1.54, 1.807) is 27.7 Å². The summed E-state index contributed by atoms with van der Waals surface area (Å²) >= 11 is 0. The molecule has 0 radical (unpaired) electrons. The number of aliphatic carboxylic acids is 2. The molecule has 0 aromatic heterocycles. The van der Waals surface area contributed by atoms with Gasteiger partial charge in [0.2, 0.25) is 0 Å². The Morgan fingerprint density at radius 2 is 1.06 bits per heavy atom. The third-order valence-corrected chi connectivity index (χ3v) is 3.58. The van der Waals surface area contributed by atoms with E-state index in [1.807, 2.05) is 0 Å². The summed E-state index contributed by atoms with van der Waals surface area (Å²) in [6.07, 6.45) is 0. The van der Waals surface area contributed by atoms with Crippen LogP contribution in [-0.4, -0.2) is 33.2 Å². The summed E-state index contributed by atoms with van der Waals surface area (Å²) < 4.78 is 0. The number of hydrogen-bond acceptors (Lipinski definition) is 4. The van der Waals surface area contributed by atoms with Crippen molar-refractivity contribution in [3.63, 3.8) is 0 Å². The fourth-order valence-electron chi connectivity index (χ4n) is 1.02. The molecule has 0 bridgehead atoms. The average molecular weight is 258 g/mol. The lowest BCUT2D eigenvalue weighted by atomic mass is 9.88. The first-order valence-electron chi connectivity index (χ1n) is 5.89. The standard InChI is InChI=1S/C12H22N2O4/c1-7(2)11(5,9(15)16)13-14-12(6,8(3)4)10(17)18/h7-8H,1-6H3,(H,15,16)(H,17,18)/b14-13+. The molecule has 0 spiro atoms. The molecular formula is C12H22N2O4. The molecule has 104 valence electrons. The van der Waals surface area contributed by atoms with E-state index >= 15 is 0 Å². The van der Waals surface area contributed by atoms with E-state index in [2.05, 4.69) is 10.2 Å². The third kappa shape index (κ3) is 3.05. The number of hydrogen-bond donors (Lipinski definition) is 2. The van der Waals surface area contributed by atoms with Gasteiger partial charge in [-0.1, -0.05) is 27.7 Å². The average Bonchev–Trinajstić information content (AvgIpc) is 2.23. The van der Waals surface area contributed by atoms with Crippen molar-refractivity contribution in [1.82, 2.24) is 0 Å². The zero-order valence-electron chi connectivity index (χ0n) is 11.8. The van der Waals surface area contributed by atoms with Gasteiger partial charge in [-0.15, -0.1) is 0 Å². The van der Waals surface area contributed by atoms with E-state index in [-0.39, 0.29) is 11.8 Å². The smallest absolute Gasteiger partial charge is 0.333 e. The Kier molecular flexibility index (Phi) is 5.01. The second-order valence-corrected chi connectivity index (χ2v) is 5.41. The van der Waals surface area contributed by atoms with E-state index in [0.29, 0.717) is 0 Å². The van der Waals surface area contributed by atoms with Gasteiger partial charge in [0.15, 0.2) is 11.1 Å². The van der Waals surface area contributed by atoms with E-state index < -0.39 is 23.0 Å². The fourth-order valence-corrected chi connectivity index (χ4v) is 1.02. The summed E-state index contributed by atoms with van der Waals surface area (Å²) in [7, 11) is 0. The van der Waals surface area contributed by atoms with Crippen molar-refractivity contribution < 1.29 is 19.8 Å². The van der Waals surface area contributed by atoms with Crippen LogP contribution in [0.4, 0.5) is 0 Å². The lowest BCUT2D eigenvalue weighted by Crippen LogP contribution is -2.42. The van der Waals surface area contributed by atoms with Crippen molar-refractivity contribution in [3.8, 4) is 0 Å². The molecule has 0 aliphatic carbocycles. The van der Waals surface area contributed by atoms with Crippen molar-refractivity contribution in [1.29, 1.82) is 0 Å². The second kappa shape index (κ2) is 5.46. The van der Waals surface area contributed by atoms with Crippen LogP contribution >= 0.6 is 0 Å². The molecule has 0 aliphatic rings. The maximum absolute atomic E-state index is 11.2. The molecule has 0 saturated carbocycles. The van der Waals surface area contributed by atoms with Gasteiger partial charge in [-0.25, -0.2) is 9.59 Å². The van der Waals surface area contributed by atoms with E-state index in [1.165, 1.54) is 13.8 Å². The molecule has 0 rings (SSSR count). The van der Waals surface area contributed by atoms with E-state index in [9.17, 15) is 19.8 Å². The predicted octanol–water partition coefficient (Wildman–Crippen LogP) is 2.44. The number of carbonyl (C=O) groups is 2. The molecule has 6 heteroatoms. The minimum Gasteiger partial charge on any atom is -0.479 e. The van der Waals surface area contributed by atoms with Crippen LogP contribution in [0, 0.1) is 11.8 Å². The number of rotatable bonds is 6. The van der Waals surface area contributed by atoms with Gasteiger partial charge in [-0.05, 0) is 25.7 Å². The molecule has 0 saturated heterocycles. The van der Waals surface area contributed by atoms with Crippen molar-refractivity contribution in [2.24, 2.45) is 22.1 Å². The van der Waals surface area contributed by atoms with Gasteiger partial charge in [-0.3, -0.25) is 0 Å². The highest BCUT2D eigenvalue weighted by Gasteiger charge is 2.41. The van der Waals surface area contributed by atoms with Gasteiger partial charge < -0.3 is 10.2 Å². The first kappa shape index (κ1) is 16.5. The van der Waals surface area contributed by atoms with Crippen molar-refractivity contribution in [2.75, 3.05) is 0 Å². The molecule has 2 N–H and O–H groups in total. The SMILES string of the molecule is CC(C)C(C)(/N=N/C(C)(C(=O)O)C(C)C)C(=O)O. The summed E-state index contributed by atoms with van der Waals surface area (Å²) in [6.45, 7) is 9.71. The predicted molar refractivity (Wildman–Crippen MR) is 66.6 cm³/mol. The Morgan fingerprint density at radius 3 is 1.17 bits per heavy atom. The van der Waals surface area contributed by atoms with Crippen LogP contribution in [-0.2, 0) is 9.59 Å². The molecule has 0 fully saturated rings. The first-order valence-corrected chi connectivity index (χ1v) is 5.89. The Morgan fingerprint density at radius 1 is 0.833 bits per heavy atom. The number of azo groups is 1. The molecular weight excluding hydrogens is 236 g/mol. The van der Waals surface area contributed by atoms with Crippen LogP contribution in [0.1, 0.15) is 41.5 Å². The fraction of sp³-hybridized carbons (Fsp3) is 0.833. The lowest BCUT2D eigenvalue weighted by Gasteiger charge is -2.27. The topological polar surface area (TPSA) is 99.3 Å². The maximum Gasteiger partial charge on any atom is 0.333 e. The largest absolute Gasteiger partial charge is 0.479 e. The van der Waals surface area contributed by atoms with Crippen LogP contribution in [0.2, 0.25) is 0 Å². The van der Waals surface area contributed by atoms with Gasteiger partial charge in [0.25, 0.3) is 0 Å². The molecule has 18 heavy (non-hydrogen) atoms. The lowest BCUT2D eigenvalue weighted by molar-refractivity contribution is -0.147. The van der Waals surface area contributed by atoms with Gasteiger partial charge in [0.1, 0.15) is 0 Å². The van der Waals surface area contributed by atoms with Crippen molar-refractivity contribution in [3.05, 3.63) is 0 Å². The molecule has 0 heterocycles. The van der Waals surface area contributed by atoms with Gasteiger partial charge in [0, 0.05) is 0 Å². The number of nitrogens with zero attached hydrogens (tertiary/aromatic N) is 2. The Bertz CT molecular complexity index is 331. The molecule has 6 nitrogen and oxygen atoms in total. The molecule has 0 amide bonds. The summed E-state index contributed by atoms with van der Waals surface area (Å²) in [6, 6.07) is 0. The van der Waals surface area contributed by atoms with Crippen molar-refractivity contribution in [2.45, 2.75) is 52.6 Å². The summed E-state index contributed by atoms with van der Waals surface area (Å²) in [5.74, 6) is -2.80. The Balaban J connectivity index is 5.45. The molecule has 0 aliphatic heterocycles. The summed E-state index contributed by atoms with van der Waals surface area (Å²) in [4.78, 5) is 22.4. The van der Waals surface area contributed by atoms with Crippen LogP contribution in [0.5, 0.6) is 0 Å². The number of carboxylic acid groups (broad SMARTS) is 2. The highest BCUT2D eigenvalue weighted by Crippen LogP contribution is 2.28. The molecule has 0 aromatic rings. The first-order chi connectivity index (χ1) is 7.98. The Labute approximate surface area is 107 Å². The summed E-state index contributed by atoms with van der Waals surface area (Å²) in [5, 5.41) is 26.0. The van der Waals surface area contributed by atoms with Crippen LogP contribution < -0.4 is 0 Å². The van der Waals surface area contributed by atoms with Gasteiger partial charge in [0.05, 0.1) is 0 Å². The van der Waals surface area contributed by atoms with Crippen LogP contribution in [0.25, 0.3) is 0 Å². The van der Waals surface area contributed by atoms with E-state index in [0.717, 1.165) is 0 Å². The van der Waals surface area contributed by atoms with Gasteiger partial charge >= 0.3 is 11.9 Å². The minimum absolute atomic E-state index is 0.288. The van der Waals surface area contributed by atoms with E-state index in [4.69, 9.17) is 0 Å². The monoisotopic (exact) mass is 258 g/mol. The zero-order chi connectivity index (χ0) is 14.7. The zero-order valence-corrected chi connectivity index (χ0v) is 11.8. The Hall–Kier alpha value is -1.46. The highest BCUT2D eigenvalue weighted by molar-refractivity contribution is 5.80. The highest BCUT2D eigenvalue weighted by atomic mass is 16.4. The minimum atomic E-state index is -1.41. The quantitative estimate of drug-likeness (QED) is 0.714. The van der Waals surface area contributed by atoms with Crippen molar-refractivity contribution >= 4 is 11.9 Å². The molecule has 2 atom stereocenters. The normalized spacial score (nSPS) is 18.9. The maximum atomic E-state index is 11.2.